The van der Waals surface area contributed by atoms with Gasteiger partial charge in [-0.15, -0.1) is 0 Å². The van der Waals surface area contributed by atoms with E-state index in [1.54, 1.807) is 41.5 Å². The Morgan fingerprint density at radius 3 is 1.13 bits per heavy atom. The second-order valence-electron chi connectivity index (χ2n) is 20.1. The average Bonchev–Trinajstić information content (AvgIpc) is 3.31. The Balaban J connectivity index is 7.22. The molecule has 9 atom stereocenters. The van der Waals surface area contributed by atoms with Gasteiger partial charge in [0.15, 0.2) is 17.9 Å². The number of phosphoric acid groups is 1. The normalized spacial score (nSPS) is 14.9. The minimum Gasteiger partial charge on any atom is -0.480 e. The maximum atomic E-state index is 14.4. The van der Waals surface area contributed by atoms with Crippen LogP contribution < -0.4 is 83.1 Å². The molecule has 0 bridgehead atoms. The number of unbranched alkanes of at least 4 members (excludes halogenated alkanes) is 1. The number of carbonyl (C=O) groups excluding carboxylic acids is 7. The number of hydrogen-bond donors (Lipinski definition) is 18. The van der Waals surface area contributed by atoms with Crippen molar-refractivity contribution >= 4 is 73.0 Å². The number of carboxylic acid groups (broad SMARTS) is 1. The summed E-state index contributed by atoms with van der Waals surface area (Å²) >= 11 is 0. The largest absolute Gasteiger partial charge is 0.480 e. The van der Waals surface area contributed by atoms with Crippen LogP contribution in [0.2, 0.25) is 0 Å². The van der Waals surface area contributed by atoms with Crippen molar-refractivity contribution in [2.45, 2.75) is 180 Å². The molecule has 0 aliphatic rings. The number of phosphoric ester groups is 1. The topological polar surface area (TPSA) is 553 Å². The van der Waals surface area contributed by atoms with Gasteiger partial charge in [-0.1, -0.05) is 48.0 Å². The van der Waals surface area contributed by atoms with Gasteiger partial charge in [0.1, 0.15) is 42.3 Å². The monoisotopic (exact) mass is 1130 g/mol. The number of rotatable bonds is 40. The van der Waals surface area contributed by atoms with Crippen LogP contribution in [0.5, 0.6) is 0 Å². The average molecular weight is 1140 g/mol. The van der Waals surface area contributed by atoms with E-state index < -0.39 is 110 Å². The summed E-state index contributed by atoms with van der Waals surface area (Å²) in [5, 5.41) is 27.6. The number of nitrogens with two attached hydrogens (primary N) is 8. The molecule has 0 rings (SSSR count). The van der Waals surface area contributed by atoms with Crippen molar-refractivity contribution in [3.05, 3.63) is 0 Å². The molecule has 78 heavy (non-hydrogen) atoms. The first-order valence-electron chi connectivity index (χ1n) is 26.0. The number of nitrogens with zero attached hydrogens (tertiary/aromatic N) is 3. The van der Waals surface area contributed by atoms with Crippen LogP contribution in [0.3, 0.4) is 0 Å². The predicted octanol–water partition coefficient (Wildman–Crippen LogP) is -4.28. The molecule has 26 N–H and O–H groups in total. The second-order valence-corrected chi connectivity index (χ2v) is 21.3. The van der Waals surface area contributed by atoms with Gasteiger partial charge in [0.25, 0.3) is 0 Å². The number of nitrogens with one attached hydrogen (secondary N) is 7. The summed E-state index contributed by atoms with van der Waals surface area (Å²) in [5.74, 6) is -9.10. The summed E-state index contributed by atoms with van der Waals surface area (Å²) in [7, 11) is -5.36. The fraction of sp³-hybridized carbons (Fsp3) is 0.761. The fourth-order valence-electron chi connectivity index (χ4n) is 7.61. The van der Waals surface area contributed by atoms with E-state index in [0.29, 0.717) is 19.4 Å². The first-order valence-corrected chi connectivity index (χ1v) is 27.5. The van der Waals surface area contributed by atoms with E-state index >= 15 is 0 Å². The Bertz CT molecular complexity index is 2060. The molecule has 7 amide bonds. The van der Waals surface area contributed by atoms with Crippen molar-refractivity contribution in [2.24, 2.45) is 78.6 Å². The predicted molar refractivity (Wildman–Crippen MR) is 293 cm³/mol. The lowest BCUT2D eigenvalue weighted by molar-refractivity contribution is -0.143. The molecule has 0 unspecified atom stereocenters. The highest BCUT2D eigenvalue weighted by Gasteiger charge is 2.38. The van der Waals surface area contributed by atoms with E-state index in [1.807, 2.05) is 0 Å². The van der Waals surface area contributed by atoms with Crippen LogP contribution >= 0.6 is 7.82 Å². The van der Waals surface area contributed by atoms with E-state index in [2.05, 4.69) is 52.2 Å². The van der Waals surface area contributed by atoms with E-state index in [9.17, 15) is 57.8 Å². The third-order valence-electron chi connectivity index (χ3n) is 11.4. The molecular weight excluding hydrogens is 1040 g/mol. The number of guanidine groups is 3. The van der Waals surface area contributed by atoms with Crippen molar-refractivity contribution in [1.29, 1.82) is 0 Å². The Labute approximate surface area is 456 Å². The highest BCUT2D eigenvalue weighted by atomic mass is 31.2. The van der Waals surface area contributed by atoms with Crippen molar-refractivity contribution in [3.8, 4) is 0 Å². The maximum absolute atomic E-state index is 14.4. The lowest BCUT2D eigenvalue weighted by Crippen LogP contribution is -2.62. The molecule has 0 fully saturated rings. The molecule has 0 radical (unpaired) electrons. The van der Waals surface area contributed by atoms with E-state index in [1.165, 1.54) is 0 Å². The van der Waals surface area contributed by atoms with Crippen molar-refractivity contribution in [3.63, 3.8) is 0 Å². The van der Waals surface area contributed by atoms with Crippen LogP contribution in [-0.2, 0) is 47.4 Å². The van der Waals surface area contributed by atoms with E-state index in [4.69, 9.17) is 50.4 Å². The molecule has 0 aliphatic carbocycles. The molecular formula is C46H91N18O13P. The van der Waals surface area contributed by atoms with Crippen molar-refractivity contribution < 1.29 is 62.3 Å². The molecule has 0 aromatic heterocycles. The molecule has 31 nitrogen and oxygen atoms in total. The minimum atomic E-state index is -5.36. The first kappa shape index (κ1) is 71.6. The smallest absolute Gasteiger partial charge is 0.469 e. The summed E-state index contributed by atoms with van der Waals surface area (Å²) in [5.41, 5.74) is 44.6. The number of amides is 7. The van der Waals surface area contributed by atoms with E-state index in [0.717, 1.165) is 6.92 Å². The zero-order valence-electron chi connectivity index (χ0n) is 46.1. The molecule has 0 aromatic rings. The standard InChI is InChI=1S/C46H91N18O13P/c1-24(2)21-32(41(70)63-34(43(72)73)23-26(5)6)61-38(67)30(15-11-19-56-45(51)52)59-37(66)29(14-10-18-55-44(49)50)60-40(69)33(22-25(3)4)62-42(71)35(27(7)77-78(74,75)76)64-39(68)31(16-12-20-57-46(53)54)58-36(65)28(48)13-8-9-17-47/h24-35H,8-23,47-48H2,1-7H3,(H,58,65)(H,59,66)(H,60,69)(H,61,67)(H,62,71)(H,63,70)(H,64,68)(H,72,73)(H4,49,50,55)(H4,51,52,56)(H4,53,54,57)(H2,74,75,76)/t27-,28+,29+,30+,31+,32+,33+,34+,35+/m1/s1. The molecule has 0 saturated heterocycles. The van der Waals surface area contributed by atoms with Crippen LogP contribution in [0, 0.1) is 17.8 Å². The minimum absolute atomic E-state index is 0.0143. The van der Waals surface area contributed by atoms with Crippen LogP contribution in [0.15, 0.2) is 15.0 Å². The third-order valence-corrected chi connectivity index (χ3v) is 12.0. The van der Waals surface area contributed by atoms with Gasteiger partial charge < -0.3 is 98.0 Å². The lowest BCUT2D eigenvalue weighted by Gasteiger charge is -2.30. The number of carbonyl (C=O) groups is 8. The highest BCUT2D eigenvalue weighted by Crippen LogP contribution is 2.38. The van der Waals surface area contributed by atoms with E-state index in [-0.39, 0.29) is 119 Å². The zero-order valence-corrected chi connectivity index (χ0v) is 47.0. The Morgan fingerprint density at radius 2 is 0.782 bits per heavy atom. The molecule has 0 spiro atoms. The Morgan fingerprint density at radius 1 is 0.462 bits per heavy atom. The van der Waals surface area contributed by atoms with Gasteiger partial charge in [-0.3, -0.25) is 53.1 Å². The van der Waals surface area contributed by atoms with Crippen molar-refractivity contribution in [1.82, 2.24) is 37.2 Å². The molecule has 0 aliphatic heterocycles. The summed E-state index contributed by atoms with van der Waals surface area (Å²) in [6.07, 6.45) is -0.524. The highest BCUT2D eigenvalue weighted by molar-refractivity contribution is 7.46. The maximum Gasteiger partial charge on any atom is 0.469 e. The molecule has 0 heterocycles. The molecule has 448 valence electrons. The third kappa shape index (κ3) is 32.4. The second kappa shape index (κ2) is 37.4. The fourth-order valence-corrected chi connectivity index (χ4v) is 8.17. The molecule has 32 heteroatoms. The molecule has 0 aromatic carbocycles. The Hall–Kier alpha value is -6.40. The summed E-state index contributed by atoms with van der Waals surface area (Å²) in [4.78, 5) is 141. The van der Waals surface area contributed by atoms with Gasteiger partial charge in [-0.05, 0) is 102 Å². The number of aliphatic imine (C=N–C) groups is 3. The lowest BCUT2D eigenvalue weighted by atomic mass is 9.99. The van der Waals surface area contributed by atoms with Gasteiger partial charge in [-0.25, -0.2) is 9.36 Å². The number of hydrogen-bond acceptors (Lipinski definition) is 15. The summed E-state index contributed by atoms with van der Waals surface area (Å²) in [6.45, 7) is 12.0. The quantitative estimate of drug-likeness (QED) is 0.0119. The van der Waals surface area contributed by atoms with Crippen molar-refractivity contribution in [2.75, 3.05) is 26.2 Å². The van der Waals surface area contributed by atoms with Crippen LogP contribution in [-0.4, -0.2) is 161 Å². The van der Waals surface area contributed by atoms with Crippen LogP contribution in [0.4, 0.5) is 0 Å². The first-order chi connectivity index (χ1) is 36.3. The van der Waals surface area contributed by atoms with Gasteiger partial charge in [0.05, 0.1) is 12.1 Å². The summed E-state index contributed by atoms with van der Waals surface area (Å²) < 4.78 is 16.9. The Kier molecular flexibility index (Phi) is 34.3. The van der Waals surface area contributed by atoms with Gasteiger partial charge in [0, 0.05) is 19.6 Å². The van der Waals surface area contributed by atoms with Crippen LogP contribution in [0.25, 0.3) is 0 Å². The number of aliphatic carboxylic acids is 1. The van der Waals surface area contributed by atoms with Gasteiger partial charge in [0.2, 0.25) is 41.4 Å². The van der Waals surface area contributed by atoms with Gasteiger partial charge in [-0.2, -0.15) is 0 Å². The zero-order chi connectivity index (χ0) is 59.9. The molecule has 0 saturated carbocycles. The van der Waals surface area contributed by atoms with Gasteiger partial charge >= 0.3 is 13.8 Å². The SMILES string of the molecule is CC(C)C[C@H](NC(=O)[C@H](CC(C)C)NC(=O)[C@H](CCCN=C(N)N)NC(=O)[C@H](CCCN=C(N)N)NC(=O)[C@H](CC(C)C)NC(=O)[C@@H](NC(=O)[C@H](CCCN=C(N)N)NC(=O)[C@@H](N)CCCCN)[C@@H](C)OP(=O)(O)O)C(=O)O. The number of carboxylic acids is 1. The summed E-state index contributed by atoms with van der Waals surface area (Å²) in [6, 6.07) is -11.4. The van der Waals surface area contributed by atoms with Crippen LogP contribution in [0.1, 0.15) is 126 Å².